The van der Waals surface area contributed by atoms with Gasteiger partial charge in [0.15, 0.2) is 0 Å². The van der Waals surface area contributed by atoms with Crippen molar-refractivity contribution in [3.63, 3.8) is 0 Å². The summed E-state index contributed by atoms with van der Waals surface area (Å²) in [5.74, 6) is 0.255. The summed E-state index contributed by atoms with van der Waals surface area (Å²) in [5, 5.41) is 2.66. The van der Waals surface area contributed by atoms with Gasteiger partial charge in [0.2, 0.25) is 15.9 Å². The van der Waals surface area contributed by atoms with Crippen molar-refractivity contribution in [3.8, 4) is 5.75 Å². The van der Waals surface area contributed by atoms with Gasteiger partial charge in [-0.25, -0.2) is 8.42 Å². The van der Waals surface area contributed by atoms with Crippen LogP contribution in [0.15, 0.2) is 29.2 Å². The Morgan fingerprint density at radius 2 is 2.05 bits per heavy atom. The van der Waals surface area contributed by atoms with Crippen molar-refractivity contribution in [3.05, 3.63) is 24.3 Å². The molecule has 122 valence electrons. The Labute approximate surface area is 130 Å². The van der Waals surface area contributed by atoms with Crippen LogP contribution in [0.3, 0.4) is 0 Å². The van der Waals surface area contributed by atoms with Crippen molar-refractivity contribution in [2.24, 2.45) is 5.73 Å². The number of nitrogens with one attached hydrogen (secondary N) is 1. The molecule has 1 saturated heterocycles. The lowest BCUT2D eigenvalue weighted by atomic mass is 10.2. The number of benzene rings is 1. The van der Waals surface area contributed by atoms with E-state index in [9.17, 15) is 13.2 Å². The van der Waals surface area contributed by atoms with Crippen LogP contribution >= 0.6 is 0 Å². The normalized spacial score (nSPS) is 22.5. The van der Waals surface area contributed by atoms with Crippen molar-refractivity contribution in [1.82, 2.24) is 9.62 Å². The Hall–Kier alpha value is -1.64. The molecule has 1 aromatic carbocycles. The highest BCUT2D eigenvalue weighted by atomic mass is 32.2. The first-order valence-electron chi connectivity index (χ1n) is 7.09. The molecule has 0 radical (unpaired) electrons. The Morgan fingerprint density at radius 1 is 1.41 bits per heavy atom. The number of nitrogens with two attached hydrogens (primary N) is 1. The van der Waals surface area contributed by atoms with E-state index in [4.69, 9.17) is 10.5 Å². The van der Waals surface area contributed by atoms with Gasteiger partial charge in [0.1, 0.15) is 11.8 Å². The van der Waals surface area contributed by atoms with Gasteiger partial charge < -0.3 is 15.8 Å². The number of methoxy groups -OCH3 is 1. The number of likely N-dealkylation sites (N-methyl/N-ethyl adjacent to an activating group) is 1. The highest BCUT2D eigenvalue weighted by Crippen LogP contribution is 2.27. The van der Waals surface area contributed by atoms with E-state index >= 15 is 0 Å². The lowest BCUT2D eigenvalue weighted by molar-refractivity contribution is -0.124. The lowest BCUT2D eigenvalue weighted by Crippen LogP contribution is -2.45. The molecule has 1 amide bonds. The molecule has 0 aliphatic carbocycles. The number of hydrogen-bond donors (Lipinski definition) is 2. The quantitative estimate of drug-likeness (QED) is 0.788. The van der Waals surface area contributed by atoms with Crippen LogP contribution in [0.25, 0.3) is 0 Å². The van der Waals surface area contributed by atoms with Crippen LogP contribution in [0, 0.1) is 0 Å². The summed E-state index contributed by atoms with van der Waals surface area (Å²) in [6.45, 7) is 2.37. The van der Waals surface area contributed by atoms with Crippen LogP contribution in [-0.2, 0) is 14.8 Å². The number of sulfonamides is 1. The molecule has 22 heavy (non-hydrogen) atoms. The first kappa shape index (κ1) is 16.7. The molecule has 0 spiro atoms. The third-order valence-electron chi connectivity index (χ3n) is 3.61. The fraction of sp³-hybridized carbons (Fsp3) is 0.500. The molecular weight excluding hydrogens is 306 g/mol. The molecule has 2 atom stereocenters. The van der Waals surface area contributed by atoms with E-state index in [1.54, 1.807) is 19.1 Å². The fourth-order valence-corrected chi connectivity index (χ4v) is 4.17. The first-order valence-corrected chi connectivity index (χ1v) is 8.53. The second-order valence-electron chi connectivity index (χ2n) is 5.16. The minimum absolute atomic E-state index is 0.122. The van der Waals surface area contributed by atoms with E-state index in [1.165, 1.54) is 23.5 Å². The van der Waals surface area contributed by atoms with E-state index in [2.05, 4.69) is 5.32 Å². The Morgan fingerprint density at radius 3 is 2.59 bits per heavy atom. The standard InChI is InChI=1S/C14H21N3O4S/c1-3-16-14(18)13-8-10(15)9-17(13)22(19,20)12-6-4-11(21-2)5-7-12/h4-7,10,13H,3,8-9,15H2,1-2H3,(H,16,18)/t10-,13+/m1/s1. The predicted molar refractivity (Wildman–Crippen MR) is 81.9 cm³/mol. The summed E-state index contributed by atoms with van der Waals surface area (Å²) >= 11 is 0. The number of carbonyl (C=O) groups excluding carboxylic acids is 1. The summed E-state index contributed by atoms with van der Waals surface area (Å²) in [6, 6.07) is 4.97. The maximum absolute atomic E-state index is 12.7. The van der Waals surface area contributed by atoms with Crippen molar-refractivity contribution >= 4 is 15.9 Å². The molecule has 0 aromatic heterocycles. The monoisotopic (exact) mass is 327 g/mol. The number of rotatable bonds is 5. The fourth-order valence-electron chi connectivity index (χ4n) is 2.52. The van der Waals surface area contributed by atoms with Gasteiger partial charge in [0.25, 0.3) is 0 Å². The average molecular weight is 327 g/mol. The summed E-state index contributed by atoms with van der Waals surface area (Å²) in [5.41, 5.74) is 5.86. The van der Waals surface area contributed by atoms with Gasteiger partial charge in [0.05, 0.1) is 12.0 Å². The SMILES string of the molecule is CCNC(=O)[C@@H]1C[C@@H](N)CN1S(=O)(=O)c1ccc(OC)cc1. The van der Waals surface area contributed by atoms with Gasteiger partial charge in [0, 0.05) is 19.1 Å². The highest BCUT2D eigenvalue weighted by Gasteiger charge is 2.42. The zero-order chi connectivity index (χ0) is 16.3. The Kier molecular flexibility index (Phi) is 5.05. The smallest absolute Gasteiger partial charge is 0.243 e. The lowest BCUT2D eigenvalue weighted by Gasteiger charge is -2.23. The molecule has 0 unspecified atom stereocenters. The number of ether oxygens (including phenoxy) is 1. The minimum atomic E-state index is -3.77. The second-order valence-corrected chi connectivity index (χ2v) is 7.05. The largest absolute Gasteiger partial charge is 0.497 e. The molecule has 0 saturated carbocycles. The molecule has 1 fully saturated rings. The minimum Gasteiger partial charge on any atom is -0.497 e. The predicted octanol–water partition coefficient (Wildman–Crippen LogP) is -0.0784. The van der Waals surface area contributed by atoms with Crippen molar-refractivity contribution in [2.45, 2.75) is 30.3 Å². The van der Waals surface area contributed by atoms with Crippen molar-refractivity contribution < 1.29 is 17.9 Å². The van der Waals surface area contributed by atoms with Gasteiger partial charge >= 0.3 is 0 Å². The van der Waals surface area contributed by atoms with E-state index in [1.807, 2.05) is 0 Å². The Balaban J connectivity index is 2.31. The van der Waals surface area contributed by atoms with E-state index < -0.39 is 16.1 Å². The summed E-state index contributed by atoms with van der Waals surface area (Å²) in [4.78, 5) is 12.2. The maximum atomic E-state index is 12.7. The number of amides is 1. The van der Waals surface area contributed by atoms with Crippen LogP contribution < -0.4 is 15.8 Å². The topological polar surface area (TPSA) is 102 Å². The highest BCUT2D eigenvalue weighted by molar-refractivity contribution is 7.89. The van der Waals surface area contributed by atoms with Gasteiger partial charge in [-0.05, 0) is 37.6 Å². The molecule has 7 nitrogen and oxygen atoms in total. The molecule has 1 aliphatic rings. The molecule has 1 aromatic rings. The Bertz CT molecular complexity index is 630. The average Bonchev–Trinajstić information content (AvgIpc) is 2.90. The second kappa shape index (κ2) is 6.64. The zero-order valence-electron chi connectivity index (χ0n) is 12.7. The van der Waals surface area contributed by atoms with Crippen molar-refractivity contribution in [1.29, 1.82) is 0 Å². The van der Waals surface area contributed by atoms with E-state index in [0.717, 1.165) is 0 Å². The number of nitrogens with zero attached hydrogens (tertiary/aromatic N) is 1. The molecule has 2 rings (SSSR count). The first-order chi connectivity index (χ1) is 10.4. The summed E-state index contributed by atoms with van der Waals surface area (Å²) < 4.78 is 31.7. The third-order valence-corrected chi connectivity index (χ3v) is 5.50. The number of hydrogen-bond acceptors (Lipinski definition) is 5. The van der Waals surface area contributed by atoms with Gasteiger partial charge in [-0.15, -0.1) is 0 Å². The van der Waals surface area contributed by atoms with E-state index in [-0.39, 0.29) is 23.4 Å². The van der Waals surface area contributed by atoms with E-state index in [0.29, 0.717) is 18.7 Å². The van der Waals surface area contributed by atoms with Crippen LogP contribution in [0.1, 0.15) is 13.3 Å². The zero-order valence-corrected chi connectivity index (χ0v) is 13.5. The van der Waals surface area contributed by atoms with Gasteiger partial charge in [-0.1, -0.05) is 0 Å². The number of carbonyl (C=O) groups is 1. The van der Waals surface area contributed by atoms with Crippen LogP contribution in [0.5, 0.6) is 5.75 Å². The summed E-state index contributed by atoms with van der Waals surface area (Å²) in [7, 11) is -2.26. The molecular formula is C14H21N3O4S. The molecule has 3 N–H and O–H groups in total. The van der Waals surface area contributed by atoms with Gasteiger partial charge in [-0.2, -0.15) is 4.31 Å². The van der Waals surface area contributed by atoms with Crippen molar-refractivity contribution in [2.75, 3.05) is 20.2 Å². The molecule has 0 bridgehead atoms. The van der Waals surface area contributed by atoms with Crippen LogP contribution in [-0.4, -0.2) is 50.9 Å². The van der Waals surface area contributed by atoms with Crippen LogP contribution in [0.4, 0.5) is 0 Å². The summed E-state index contributed by atoms with van der Waals surface area (Å²) in [6.07, 6.45) is 0.321. The molecule has 1 heterocycles. The third kappa shape index (κ3) is 3.23. The molecule has 1 aliphatic heterocycles. The van der Waals surface area contributed by atoms with Gasteiger partial charge in [-0.3, -0.25) is 4.79 Å². The van der Waals surface area contributed by atoms with Crippen LogP contribution in [0.2, 0.25) is 0 Å². The molecule has 8 heteroatoms. The maximum Gasteiger partial charge on any atom is 0.243 e.